The molecule has 1 amide bonds. The van der Waals surface area contributed by atoms with Crippen molar-refractivity contribution in [3.05, 3.63) is 0 Å². The Bertz CT molecular complexity index is 186. The van der Waals surface area contributed by atoms with Gasteiger partial charge in [-0.2, -0.15) is 0 Å². The lowest BCUT2D eigenvalue weighted by Crippen LogP contribution is -2.37. The highest BCUT2D eigenvalue weighted by Gasteiger charge is 2.15. The minimum Gasteiger partial charge on any atom is -0.444 e. The fourth-order valence-electron chi connectivity index (χ4n) is 0.958. The Morgan fingerprint density at radius 3 is 2.33 bits per heavy atom. The maximum Gasteiger partial charge on any atom is 0.407 e. The summed E-state index contributed by atoms with van der Waals surface area (Å²) < 4.78 is 5.09. The first-order valence-corrected chi connectivity index (χ1v) is 5.49. The van der Waals surface area contributed by atoms with E-state index in [2.05, 4.69) is 24.5 Å². The van der Waals surface area contributed by atoms with Crippen molar-refractivity contribution >= 4 is 6.09 Å². The summed E-state index contributed by atoms with van der Waals surface area (Å²) in [6.45, 7) is 12.2. The van der Waals surface area contributed by atoms with Crippen molar-refractivity contribution in [2.45, 2.75) is 40.2 Å². The third kappa shape index (κ3) is 11.2. The highest BCUT2D eigenvalue weighted by atomic mass is 16.6. The van der Waals surface area contributed by atoms with Gasteiger partial charge in [-0.3, -0.25) is 0 Å². The molecule has 0 aliphatic heterocycles. The fraction of sp³-hybridized carbons (Fsp3) is 0.909. The van der Waals surface area contributed by atoms with Crippen LogP contribution in [0.3, 0.4) is 0 Å². The lowest BCUT2D eigenvalue weighted by molar-refractivity contribution is 0.0528. The zero-order valence-corrected chi connectivity index (χ0v) is 10.5. The topological polar surface area (TPSA) is 50.4 Å². The van der Waals surface area contributed by atoms with Crippen LogP contribution in [-0.2, 0) is 4.74 Å². The van der Waals surface area contributed by atoms with Gasteiger partial charge in [0.2, 0.25) is 0 Å². The van der Waals surface area contributed by atoms with Gasteiger partial charge in [0.15, 0.2) is 0 Å². The van der Waals surface area contributed by atoms with Gasteiger partial charge in [-0.1, -0.05) is 13.8 Å². The molecule has 0 atom stereocenters. The maximum absolute atomic E-state index is 11.2. The fourth-order valence-corrected chi connectivity index (χ4v) is 0.958. The van der Waals surface area contributed by atoms with E-state index in [1.54, 1.807) is 0 Å². The third-order valence-corrected chi connectivity index (χ3v) is 1.52. The summed E-state index contributed by atoms with van der Waals surface area (Å²) in [4.78, 5) is 11.2. The second-order valence-electron chi connectivity index (χ2n) is 5.03. The highest BCUT2D eigenvalue weighted by molar-refractivity contribution is 5.67. The molecule has 0 saturated heterocycles. The summed E-state index contributed by atoms with van der Waals surface area (Å²) in [6.07, 6.45) is -0.353. The second kappa shape index (κ2) is 6.67. The van der Waals surface area contributed by atoms with Gasteiger partial charge in [0, 0.05) is 13.1 Å². The number of rotatable bonds is 5. The van der Waals surface area contributed by atoms with Gasteiger partial charge in [0.1, 0.15) is 5.60 Å². The predicted molar refractivity (Wildman–Crippen MR) is 61.9 cm³/mol. The molecule has 0 spiro atoms. The molecule has 2 N–H and O–H groups in total. The highest BCUT2D eigenvalue weighted by Crippen LogP contribution is 2.05. The average molecular weight is 216 g/mol. The average Bonchev–Trinajstić information content (AvgIpc) is 1.99. The molecule has 0 aromatic carbocycles. The van der Waals surface area contributed by atoms with Gasteiger partial charge in [0.05, 0.1) is 0 Å². The first-order chi connectivity index (χ1) is 6.81. The van der Waals surface area contributed by atoms with Crippen LogP contribution in [0.15, 0.2) is 0 Å². The minimum atomic E-state index is -0.421. The Balaban J connectivity index is 3.40. The van der Waals surface area contributed by atoms with Crippen molar-refractivity contribution in [2.24, 2.45) is 5.92 Å². The Hall–Kier alpha value is -0.770. The molecule has 0 aliphatic carbocycles. The van der Waals surface area contributed by atoms with E-state index in [1.807, 2.05) is 20.8 Å². The van der Waals surface area contributed by atoms with E-state index >= 15 is 0 Å². The number of ether oxygens (including phenoxy) is 1. The van der Waals surface area contributed by atoms with Gasteiger partial charge >= 0.3 is 6.09 Å². The molecule has 90 valence electrons. The Labute approximate surface area is 92.8 Å². The molecule has 15 heavy (non-hydrogen) atoms. The summed E-state index contributed by atoms with van der Waals surface area (Å²) in [6, 6.07) is 0. The van der Waals surface area contributed by atoms with E-state index in [0.29, 0.717) is 12.5 Å². The molecule has 0 heterocycles. The molecule has 0 bridgehead atoms. The van der Waals surface area contributed by atoms with Gasteiger partial charge in [0.25, 0.3) is 0 Å². The molecular weight excluding hydrogens is 192 g/mol. The number of nitrogens with one attached hydrogen (secondary N) is 2. The van der Waals surface area contributed by atoms with Crippen LogP contribution in [0.4, 0.5) is 4.79 Å². The number of hydrogen-bond donors (Lipinski definition) is 2. The van der Waals surface area contributed by atoms with Gasteiger partial charge in [-0.15, -0.1) is 0 Å². The van der Waals surface area contributed by atoms with Crippen LogP contribution < -0.4 is 10.6 Å². The van der Waals surface area contributed by atoms with Crippen LogP contribution in [0.5, 0.6) is 0 Å². The molecule has 0 fully saturated rings. The Morgan fingerprint density at radius 2 is 1.87 bits per heavy atom. The molecule has 0 aromatic rings. The van der Waals surface area contributed by atoms with E-state index in [0.717, 1.165) is 13.1 Å². The lowest BCUT2D eigenvalue weighted by atomic mass is 10.2. The van der Waals surface area contributed by atoms with E-state index in [9.17, 15) is 4.79 Å². The standard InChI is InChI=1S/C11H24N2O2/c1-9(2)8-12-6-7-13-10(14)15-11(3,4)5/h9,12H,6-8H2,1-5H3,(H,13,14). The van der Waals surface area contributed by atoms with Crippen molar-refractivity contribution in [3.63, 3.8) is 0 Å². The molecule has 0 aliphatic rings. The lowest BCUT2D eigenvalue weighted by Gasteiger charge is -2.19. The summed E-state index contributed by atoms with van der Waals surface area (Å²) in [5.74, 6) is 0.631. The van der Waals surface area contributed by atoms with Crippen LogP contribution in [0.25, 0.3) is 0 Å². The van der Waals surface area contributed by atoms with Crippen LogP contribution in [0.1, 0.15) is 34.6 Å². The maximum atomic E-state index is 11.2. The molecule has 0 saturated carbocycles. The summed E-state index contributed by atoms with van der Waals surface area (Å²) in [5, 5.41) is 5.92. The number of amides is 1. The smallest absolute Gasteiger partial charge is 0.407 e. The largest absolute Gasteiger partial charge is 0.444 e. The molecule has 0 radical (unpaired) electrons. The van der Waals surface area contributed by atoms with E-state index in [1.165, 1.54) is 0 Å². The van der Waals surface area contributed by atoms with Crippen LogP contribution in [-0.4, -0.2) is 31.3 Å². The molecule has 4 nitrogen and oxygen atoms in total. The zero-order chi connectivity index (χ0) is 11.9. The van der Waals surface area contributed by atoms with E-state index in [-0.39, 0.29) is 6.09 Å². The molecule has 4 heteroatoms. The van der Waals surface area contributed by atoms with Crippen LogP contribution >= 0.6 is 0 Å². The zero-order valence-electron chi connectivity index (χ0n) is 10.5. The molecule has 0 rings (SSSR count). The van der Waals surface area contributed by atoms with E-state index < -0.39 is 5.60 Å². The molecule has 0 aromatic heterocycles. The monoisotopic (exact) mass is 216 g/mol. The van der Waals surface area contributed by atoms with Crippen LogP contribution in [0.2, 0.25) is 0 Å². The SMILES string of the molecule is CC(C)CNCCNC(=O)OC(C)(C)C. The van der Waals surface area contributed by atoms with Crippen molar-refractivity contribution in [1.29, 1.82) is 0 Å². The summed E-state index contributed by atoms with van der Waals surface area (Å²) in [7, 11) is 0. The van der Waals surface area contributed by atoms with Crippen LogP contribution in [0, 0.1) is 5.92 Å². The van der Waals surface area contributed by atoms with Crippen molar-refractivity contribution in [3.8, 4) is 0 Å². The van der Waals surface area contributed by atoms with Gasteiger partial charge in [-0.25, -0.2) is 4.79 Å². The Morgan fingerprint density at radius 1 is 1.27 bits per heavy atom. The Kier molecular flexibility index (Phi) is 6.32. The summed E-state index contributed by atoms with van der Waals surface area (Å²) >= 11 is 0. The number of carbonyl (C=O) groups is 1. The third-order valence-electron chi connectivity index (χ3n) is 1.52. The quantitative estimate of drug-likeness (QED) is 0.688. The summed E-state index contributed by atoms with van der Waals surface area (Å²) in [5.41, 5.74) is -0.421. The van der Waals surface area contributed by atoms with Gasteiger partial charge in [-0.05, 0) is 33.2 Å². The van der Waals surface area contributed by atoms with Crippen molar-refractivity contribution in [1.82, 2.24) is 10.6 Å². The second-order valence-corrected chi connectivity index (χ2v) is 5.03. The number of carbonyl (C=O) groups excluding carboxylic acids is 1. The number of alkyl carbamates (subject to hydrolysis) is 1. The van der Waals surface area contributed by atoms with E-state index in [4.69, 9.17) is 4.74 Å². The normalized spacial score (nSPS) is 11.6. The molecule has 0 unspecified atom stereocenters. The van der Waals surface area contributed by atoms with Gasteiger partial charge < -0.3 is 15.4 Å². The number of hydrogen-bond acceptors (Lipinski definition) is 3. The first kappa shape index (κ1) is 14.2. The minimum absolute atomic E-state index is 0.353. The van der Waals surface area contributed by atoms with Crippen molar-refractivity contribution in [2.75, 3.05) is 19.6 Å². The first-order valence-electron chi connectivity index (χ1n) is 5.49. The molecular formula is C11H24N2O2. The predicted octanol–water partition coefficient (Wildman–Crippen LogP) is 1.76. The van der Waals surface area contributed by atoms with Crippen molar-refractivity contribution < 1.29 is 9.53 Å².